The van der Waals surface area contributed by atoms with Crippen LogP contribution in [-0.4, -0.2) is 13.4 Å². The average molecular weight is 312 g/mol. The molecule has 3 N–H and O–H groups in total. The van der Waals surface area contributed by atoms with E-state index in [-0.39, 0.29) is 16.5 Å². The van der Waals surface area contributed by atoms with Gasteiger partial charge in [0, 0.05) is 18.4 Å². The summed E-state index contributed by atoms with van der Waals surface area (Å²) in [5.41, 5.74) is 7.55. The zero-order valence-electron chi connectivity index (χ0n) is 10.8. The number of anilines is 1. The van der Waals surface area contributed by atoms with Gasteiger partial charge in [0.15, 0.2) is 0 Å². The first-order valence-corrected chi connectivity index (χ1v) is 7.71. The van der Waals surface area contributed by atoms with Gasteiger partial charge in [0.05, 0.1) is 15.6 Å². The van der Waals surface area contributed by atoms with Crippen LogP contribution in [-0.2, 0) is 16.6 Å². The SMILES string of the molecule is Cc1ccc(CNS(=O)(=O)c2ccc(N)c(Cl)c2)cn1. The average Bonchev–Trinajstić information content (AvgIpc) is 2.41. The van der Waals surface area contributed by atoms with Gasteiger partial charge >= 0.3 is 0 Å². The number of nitrogens with two attached hydrogens (primary N) is 1. The Labute approximate surface area is 122 Å². The Hall–Kier alpha value is -1.63. The van der Waals surface area contributed by atoms with E-state index in [1.165, 1.54) is 18.2 Å². The number of benzene rings is 1. The van der Waals surface area contributed by atoms with Gasteiger partial charge in [-0.05, 0) is 36.8 Å². The first-order valence-electron chi connectivity index (χ1n) is 5.85. The van der Waals surface area contributed by atoms with E-state index in [4.69, 9.17) is 17.3 Å². The Balaban J connectivity index is 2.14. The molecule has 0 unspecified atom stereocenters. The van der Waals surface area contributed by atoms with Crippen molar-refractivity contribution >= 4 is 27.3 Å². The maximum atomic E-state index is 12.1. The summed E-state index contributed by atoms with van der Waals surface area (Å²) in [6, 6.07) is 7.85. The predicted molar refractivity (Wildman–Crippen MR) is 78.9 cm³/mol. The Morgan fingerprint density at radius 2 is 2.05 bits per heavy atom. The third-order valence-electron chi connectivity index (χ3n) is 2.72. The number of nitrogens with one attached hydrogen (secondary N) is 1. The number of nitrogens with zero attached hydrogens (tertiary/aromatic N) is 1. The van der Waals surface area contributed by atoms with Crippen molar-refractivity contribution in [3.05, 3.63) is 52.8 Å². The molecule has 20 heavy (non-hydrogen) atoms. The molecule has 0 atom stereocenters. The topological polar surface area (TPSA) is 85.1 Å². The molecule has 5 nitrogen and oxygen atoms in total. The molecule has 2 aromatic rings. The highest BCUT2D eigenvalue weighted by Gasteiger charge is 2.14. The van der Waals surface area contributed by atoms with Crippen LogP contribution >= 0.6 is 11.6 Å². The van der Waals surface area contributed by atoms with E-state index in [1.54, 1.807) is 6.20 Å². The quantitative estimate of drug-likeness (QED) is 0.847. The lowest BCUT2D eigenvalue weighted by molar-refractivity contribution is 0.581. The summed E-state index contributed by atoms with van der Waals surface area (Å²) >= 11 is 5.83. The zero-order chi connectivity index (χ0) is 14.8. The fraction of sp³-hybridized carbons (Fsp3) is 0.154. The van der Waals surface area contributed by atoms with Gasteiger partial charge in [-0.3, -0.25) is 4.98 Å². The summed E-state index contributed by atoms with van der Waals surface area (Å²) in [7, 11) is -3.63. The fourth-order valence-electron chi connectivity index (χ4n) is 1.54. The zero-order valence-corrected chi connectivity index (χ0v) is 12.4. The molecule has 0 fully saturated rings. The highest BCUT2D eigenvalue weighted by Crippen LogP contribution is 2.22. The normalized spacial score (nSPS) is 11.5. The highest BCUT2D eigenvalue weighted by molar-refractivity contribution is 7.89. The van der Waals surface area contributed by atoms with Crippen LogP contribution in [0.4, 0.5) is 5.69 Å². The molecule has 1 aromatic heterocycles. The fourth-order valence-corrected chi connectivity index (χ4v) is 2.83. The van der Waals surface area contributed by atoms with Gasteiger partial charge in [-0.25, -0.2) is 13.1 Å². The van der Waals surface area contributed by atoms with E-state index in [0.29, 0.717) is 5.69 Å². The Kier molecular flexibility index (Phi) is 4.27. The van der Waals surface area contributed by atoms with Crippen LogP contribution in [0.15, 0.2) is 41.4 Å². The first-order chi connectivity index (χ1) is 9.38. The summed E-state index contributed by atoms with van der Waals surface area (Å²) in [4.78, 5) is 4.19. The monoisotopic (exact) mass is 311 g/mol. The lowest BCUT2D eigenvalue weighted by atomic mass is 10.2. The number of aromatic nitrogens is 1. The van der Waals surface area contributed by atoms with Crippen LogP contribution in [0.1, 0.15) is 11.3 Å². The van der Waals surface area contributed by atoms with Gasteiger partial charge in [-0.1, -0.05) is 17.7 Å². The number of sulfonamides is 1. The number of nitrogen functional groups attached to an aromatic ring is 1. The van der Waals surface area contributed by atoms with E-state index in [0.717, 1.165) is 11.3 Å². The number of aryl methyl sites for hydroxylation is 1. The second kappa shape index (κ2) is 5.78. The van der Waals surface area contributed by atoms with Crippen LogP contribution in [0, 0.1) is 6.92 Å². The smallest absolute Gasteiger partial charge is 0.240 e. The Morgan fingerprint density at radius 3 is 2.65 bits per heavy atom. The molecule has 0 amide bonds. The van der Waals surface area contributed by atoms with Crippen molar-refractivity contribution in [1.82, 2.24) is 9.71 Å². The molecule has 0 aliphatic rings. The summed E-state index contributed by atoms with van der Waals surface area (Å²) in [5, 5.41) is 0.213. The van der Waals surface area contributed by atoms with Crippen LogP contribution in [0.3, 0.4) is 0 Å². The molecule has 1 heterocycles. The molecular formula is C13H14ClN3O2S. The number of hydrogen-bond donors (Lipinski definition) is 2. The molecule has 2 rings (SSSR count). The molecule has 7 heteroatoms. The molecule has 0 aliphatic carbocycles. The molecule has 0 aliphatic heterocycles. The van der Waals surface area contributed by atoms with E-state index < -0.39 is 10.0 Å². The van der Waals surface area contributed by atoms with Gasteiger partial charge in [0.2, 0.25) is 10.0 Å². The van der Waals surface area contributed by atoms with Gasteiger partial charge in [0.25, 0.3) is 0 Å². The van der Waals surface area contributed by atoms with E-state index >= 15 is 0 Å². The first kappa shape index (κ1) is 14.8. The van der Waals surface area contributed by atoms with E-state index in [9.17, 15) is 8.42 Å². The largest absolute Gasteiger partial charge is 0.398 e. The molecule has 0 spiro atoms. The number of hydrogen-bond acceptors (Lipinski definition) is 4. The number of rotatable bonds is 4. The highest BCUT2D eigenvalue weighted by atomic mass is 35.5. The third kappa shape index (κ3) is 3.47. The minimum absolute atomic E-state index is 0.0803. The molecule has 0 bridgehead atoms. The van der Waals surface area contributed by atoms with Gasteiger partial charge in [-0.2, -0.15) is 0 Å². The summed E-state index contributed by atoms with van der Waals surface area (Å²) < 4.78 is 26.7. The van der Waals surface area contributed by atoms with Crippen LogP contribution in [0.2, 0.25) is 5.02 Å². The van der Waals surface area contributed by atoms with Crippen molar-refractivity contribution in [2.45, 2.75) is 18.4 Å². The summed E-state index contributed by atoms with van der Waals surface area (Å²) in [6.07, 6.45) is 1.63. The maximum Gasteiger partial charge on any atom is 0.240 e. The molecule has 0 saturated carbocycles. The number of pyridine rings is 1. The molecule has 0 saturated heterocycles. The van der Waals surface area contributed by atoms with Crippen LogP contribution in [0.5, 0.6) is 0 Å². The van der Waals surface area contributed by atoms with Gasteiger partial charge < -0.3 is 5.73 Å². The molecule has 0 radical (unpaired) electrons. The maximum absolute atomic E-state index is 12.1. The van der Waals surface area contributed by atoms with Gasteiger partial charge in [0.1, 0.15) is 0 Å². The van der Waals surface area contributed by atoms with E-state index in [1.807, 2.05) is 19.1 Å². The second-order valence-corrected chi connectivity index (χ2v) is 6.49. The van der Waals surface area contributed by atoms with Crippen LogP contribution < -0.4 is 10.5 Å². The lowest BCUT2D eigenvalue weighted by Crippen LogP contribution is -2.23. The molecule has 1 aromatic carbocycles. The van der Waals surface area contributed by atoms with Crippen molar-refractivity contribution in [2.75, 3.05) is 5.73 Å². The third-order valence-corrected chi connectivity index (χ3v) is 4.45. The Morgan fingerprint density at radius 1 is 1.30 bits per heavy atom. The predicted octanol–water partition coefficient (Wildman–Crippen LogP) is 2.10. The van der Waals surface area contributed by atoms with Crippen LogP contribution in [0.25, 0.3) is 0 Å². The standard InChI is InChI=1S/C13H14ClN3O2S/c1-9-2-3-10(7-16-9)8-17-20(18,19)11-4-5-13(15)12(14)6-11/h2-7,17H,8,15H2,1H3. The Bertz CT molecular complexity index is 715. The minimum Gasteiger partial charge on any atom is -0.398 e. The van der Waals surface area contributed by atoms with Crippen molar-refractivity contribution < 1.29 is 8.42 Å². The molecule has 106 valence electrons. The minimum atomic E-state index is -3.63. The molecular weight excluding hydrogens is 298 g/mol. The van der Waals surface area contributed by atoms with Crippen molar-refractivity contribution in [1.29, 1.82) is 0 Å². The van der Waals surface area contributed by atoms with Crippen molar-refractivity contribution in [3.8, 4) is 0 Å². The van der Waals surface area contributed by atoms with Crippen molar-refractivity contribution in [2.24, 2.45) is 0 Å². The lowest BCUT2D eigenvalue weighted by Gasteiger charge is -2.08. The number of halogens is 1. The van der Waals surface area contributed by atoms with Crippen molar-refractivity contribution in [3.63, 3.8) is 0 Å². The summed E-state index contributed by atoms with van der Waals surface area (Å²) in [6.45, 7) is 2.03. The van der Waals surface area contributed by atoms with E-state index in [2.05, 4.69) is 9.71 Å². The second-order valence-electron chi connectivity index (χ2n) is 4.32. The van der Waals surface area contributed by atoms with Gasteiger partial charge in [-0.15, -0.1) is 0 Å². The summed E-state index contributed by atoms with van der Waals surface area (Å²) in [5.74, 6) is 0.